The predicted octanol–water partition coefficient (Wildman–Crippen LogP) is 3.56. The Labute approximate surface area is 107 Å². The van der Waals surface area contributed by atoms with Gasteiger partial charge in [0.15, 0.2) is 0 Å². The highest BCUT2D eigenvalue weighted by Crippen LogP contribution is 2.22. The van der Waals surface area contributed by atoms with E-state index in [1.165, 1.54) is 5.69 Å². The molecule has 0 aliphatic heterocycles. The summed E-state index contributed by atoms with van der Waals surface area (Å²) in [6.07, 6.45) is 0. The molecule has 2 N–H and O–H groups in total. The highest BCUT2D eigenvalue weighted by Gasteiger charge is 2.05. The van der Waals surface area contributed by atoms with Gasteiger partial charge >= 0.3 is 0 Å². The van der Waals surface area contributed by atoms with Crippen LogP contribution < -0.4 is 10.6 Å². The van der Waals surface area contributed by atoms with E-state index in [1.54, 1.807) is 6.07 Å². The van der Waals surface area contributed by atoms with Crippen LogP contribution in [-0.2, 0) is 6.54 Å². The number of nitrogens with two attached hydrogens (primary N) is 1. The lowest BCUT2D eigenvalue weighted by Gasteiger charge is -2.20. The molecule has 2 aromatic carbocycles. The fourth-order valence-electron chi connectivity index (χ4n) is 1.72. The summed E-state index contributed by atoms with van der Waals surface area (Å²) in [5.74, 6) is 0. The zero-order valence-corrected chi connectivity index (χ0v) is 10.5. The van der Waals surface area contributed by atoms with E-state index in [9.17, 15) is 0 Å². The lowest BCUT2D eigenvalue weighted by molar-refractivity contribution is 0.923. The zero-order chi connectivity index (χ0) is 12.3. The quantitative estimate of drug-likeness (QED) is 0.840. The molecule has 0 radical (unpaired) electrons. The molecule has 0 aliphatic rings. The van der Waals surface area contributed by atoms with Crippen LogP contribution in [0.15, 0.2) is 48.5 Å². The second-order valence-corrected chi connectivity index (χ2v) is 4.45. The molecule has 0 heterocycles. The van der Waals surface area contributed by atoms with Crippen LogP contribution in [-0.4, -0.2) is 7.05 Å². The second kappa shape index (κ2) is 5.11. The van der Waals surface area contributed by atoms with Crippen molar-refractivity contribution in [2.75, 3.05) is 17.7 Å². The van der Waals surface area contributed by atoms with Gasteiger partial charge in [-0.25, -0.2) is 0 Å². The zero-order valence-electron chi connectivity index (χ0n) is 9.73. The Balaban J connectivity index is 2.16. The number of para-hydroxylation sites is 1. The van der Waals surface area contributed by atoms with Crippen LogP contribution in [0.3, 0.4) is 0 Å². The van der Waals surface area contributed by atoms with Crippen molar-refractivity contribution in [1.82, 2.24) is 0 Å². The Morgan fingerprint density at radius 3 is 2.47 bits per heavy atom. The van der Waals surface area contributed by atoms with Gasteiger partial charge in [0.2, 0.25) is 0 Å². The number of nitrogens with zero attached hydrogens (tertiary/aromatic N) is 1. The van der Waals surface area contributed by atoms with Crippen molar-refractivity contribution in [2.45, 2.75) is 6.54 Å². The molecule has 2 rings (SSSR count). The van der Waals surface area contributed by atoms with Crippen molar-refractivity contribution in [3.63, 3.8) is 0 Å². The highest BCUT2D eigenvalue weighted by atomic mass is 35.5. The Morgan fingerprint density at radius 1 is 1.12 bits per heavy atom. The fourth-order valence-corrected chi connectivity index (χ4v) is 1.97. The summed E-state index contributed by atoms with van der Waals surface area (Å²) in [4.78, 5) is 2.15. The summed E-state index contributed by atoms with van der Waals surface area (Å²) in [5.41, 5.74) is 8.61. The lowest BCUT2D eigenvalue weighted by Crippen LogP contribution is -2.16. The molecule has 3 heteroatoms. The van der Waals surface area contributed by atoms with Crippen molar-refractivity contribution in [3.8, 4) is 0 Å². The smallest absolute Gasteiger partial charge is 0.0476 e. The van der Waals surface area contributed by atoms with Crippen molar-refractivity contribution in [3.05, 3.63) is 59.1 Å². The molecule has 2 aromatic rings. The first-order valence-corrected chi connectivity index (χ1v) is 5.84. The van der Waals surface area contributed by atoms with Crippen molar-refractivity contribution in [2.24, 2.45) is 0 Å². The Hall–Kier alpha value is -1.67. The molecule has 0 saturated heterocycles. The molecule has 0 bridgehead atoms. The number of nitrogen functional groups attached to an aromatic ring is 1. The van der Waals surface area contributed by atoms with E-state index in [0.29, 0.717) is 10.7 Å². The van der Waals surface area contributed by atoms with Gasteiger partial charge in [-0.3, -0.25) is 0 Å². The maximum atomic E-state index is 6.15. The summed E-state index contributed by atoms with van der Waals surface area (Å²) < 4.78 is 0. The first kappa shape index (κ1) is 11.8. The molecule has 0 amide bonds. The molecule has 2 nitrogen and oxygen atoms in total. The largest absolute Gasteiger partial charge is 0.399 e. The Morgan fingerprint density at radius 2 is 1.82 bits per heavy atom. The van der Waals surface area contributed by atoms with Crippen LogP contribution in [0.2, 0.25) is 5.02 Å². The van der Waals surface area contributed by atoms with E-state index < -0.39 is 0 Å². The van der Waals surface area contributed by atoms with Crippen LogP contribution in [0.4, 0.5) is 11.4 Å². The first-order chi connectivity index (χ1) is 8.16. The van der Waals surface area contributed by atoms with E-state index in [2.05, 4.69) is 17.0 Å². The number of anilines is 2. The van der Waals surface area contributed by atoms with Crippen molar-refractivity contribution >= 4 is 23.0 Å². The Kier molecular flexibility index (Phi) is 3.55. The molecule has 0 aromatic heterocycles. The van der Waals surface area contributed by atoms with Crippen LogP contribution in [0.25, 0.3) is 0 Å². The molecule has 17 heavy (non-hydrogen) atoms. The minimum absolute atomic E-state index is 0.695. The van der Waals surface area contributed by atoms with Gasteiger partial charge in [0.1, 0.15) is 0 Å². The molecular formula is C14H15ClN2. The predicted molar refractivity (Wildman–Crippen MR) is 74.4 cm³/mol. The summed E-state index contributed by atoms with van der Waals surface area (Å²) in [6, 6.07) is 15.8. The minimum Gasteiger partial charge on any atom is -0.399 e. The summed E-state index contributed by atoms with van der Waals surface area (Å²) in [7, 11) is 2.04. The minimum atomic E-state index is 0.695. The number of halogens is 1. The molecular weight excluding hydrogens is 232 g/mol. The molecule has 0 atom stereocenters. The topological polar surface area (TPSA) is 29.3 Å². The van der Waals surface area contributed by atoms with Gasteiger partial charge in [-0.2, -0.15) is 0 Å². The maximum absolute atomic E-state index is 6.15. The monoisotopic (exact) mass is 246 g/mol. The van der Waals surface area contributed by atoms with Crippen LogP contribution in [0.1, 0.15) is 5.56 Å². The maximum Gasteiger partial charge on any atom is 0.0476 e. The van der Waals surface area contributed by atoms with E-state index in [-0.39, 0.29) is 0 Å². The SMILES string of the molecule is CN(Cc1ccc(N)cc1Cl)c1ccccc1. The average Bonchev–Trinajstić information content (AvgIpc) is 2.34. The van der Waals surface area contributed by atoms with Gasteiger partial charge < -0.3 is 10.6 Å². The number of hydrogen-bond acceptors (Lipinski definition) is 2. The molecule has 0 spiro atoms. The van der Waals surface area contributed by atoms with Gasteiger partial charge in [-0.1, -0.05) is 35.9 Å². The first-order valence-electron chi connectivity index (χ1n) is 5.47. The van der Waals surface area contributed by atoms with Crippen molar-refractivity contribution in [1.29, 1.82) is 0 Å². The molecule has 0 aliphatic carbocycles. The summed E-state index contributed by atoms with van der Waals surface area (Å²) in [6.45, 7) is 0.767. The number of benzene rings is 2. The molecule has 0 saturated carbocycles. The number of rotatable bonds is 3. The van der Waals surface area contributed by atoms with Crippen LogP contribution in [0, 0.1) is 0 Å². The van der Waals surface area contributed by atoms with E-state index in [1.807, 2.05) is 37.4 Å². The van der Waals surface area contributed by atoms with Gasteiger partial charge in [0.05, 0.1) is 0 Å². The van der Waals surface area contributed by atoms with Crippen LogP contribution >= 0.6 is 11.6 Å². The lowest BCUT2D eigenvalue weighted by atomic mass is 10.2. The van der Waals surface area contributed by atoms with E-state index in [0.717, 1.165) is 12.1 Å². The summed E-state index contributed by atoms with van der Waals surface area (Å²) >= 11 is 6.15. The summed E-state index contributed by atoms with van der Waals surface area (Å²) in [5, 5.41) is 0.716. The van der Waals surface area contributed by atoms with Gasteiger partial charge in [-0.05, 0) is 29.8 Å². The number of hydrogen-bond donors (Lipinski definition) is 1. The second-order valence-electron chi connectivity index (χ2n) is 4.04. The standard InChI is InChI=1S/C14H15ClN2/c1-17(13-5-3-2-4-6-13)10-11-7-8-12(16)9-14(11)15/h2-9H,10,16H2,1H3. The van der Waals surface area contributed by atoms with Gasteiger partial charge in [0.25, 0.3) is 0 Å². The third kappa shape index (κ3) is 2.92. The molecule has 88 valence electrons. The average molecular weight is 247 g/mol. The normalized spacial score (nSPS) is 10.2. The third-order valence-electron chi connectivity index (χ3n) is 2.68. The molecule has 0 unspecified atom stereocenters. The molecule has 0 fully saturated rings. The van der Waals surface area contributed by atoms with Crippen LogP contribution in [0.5, 0.6) is 0 Å². The van der Waals surface area contributed by atoms with E-state index >= 15 is 0 Å². The third-order valence-corrected chi connectivity index (χ3v) is 3.03. The van der Waals surface area contributed by atoms with Gasteiger partial charge in [0, 0.05) is 30.0 Å². The van der Waals surface area contributed by atoms with Gasteiger partial charge in [-0.15, -0.1) is 0 Å². The fraction of sp³-hybridized carbons (Fsp3) is 0.143. The van der Waals surface area contributed by atoms with E-state index in [4.69, 9.17) is 17.3 Å². The highest BCUT2D eigenvalue weighted by molar-refractivity contribution is 6.31. The van der Waals surface area contributed by atoms with Crippen molar-refractivity contribution < 1.29 is 0 Å². The Bertz CT molecular complexity index is 497.